The van der Waals surface area contributed by atoms with Crippen LogP contribution >= 0.6 is 22.9 Å². The lowest BCUT2D eigenvalue weighted by atomic mass is 10.2. The Kier molecular flexibility index (Phi) is 4.29. The number of rotatable bonds is 4. The average molecular weight is 358 g/mol. The van der Waals surface area contributed by atoms with E-state index in [9.17, 15) is 8.42 Å². The number of hydrogen-bond acceptors (Lipinski definition) is 5. The summed E-state index contributed by atoms with van der Waals surface area (Å²) in [5.74, 6) is 0. The van der Waals surface area contributed by atoms with Crippen LogP contribution in [0.5, 0.6) is 0 Å². The predicted octanol–water partition coefficient (Wildman–Crippen LogP) is 3.51. The molecule has 1 fully saturated rings. The van der Waals surface area contributed by atoms with E-state index in [0.717, 1.165) is 31.6 Å². The van der Waals surface area contributed by atoms with Gasteiger partial charge in [0, 0.05) is 24.7 Å². The molecule has 1 N–H and O–H groups in total. The third-order valence-corrected chi connectivity index (χ3v) is 6.24. The Morgan fingerprint density at radius 2 is 2.05 bits per heavy atom. The molecule has 0 spiro atoms. The molecule has 118 valence electrons. The third-order valence-electron chi connectivity index (χ3n) is 3.63. The normalized spacial score (nSPS) is 15.3. The lowest BCUT2D eigenvalue weighted by Gasteiger charge is -2.21. The minimum absolute atomic E-state index is 0.190. The second kappa shape index (κ2) is 6.06. The van der Waals surface area contributed by atoms with Gasteiger partial charge in [0.15, 0.2) is 5.13 Å². The highest BCUT2D eigenvalue weighted by atomic mass is 35.5. The zero-order valence-corrected chi connectivity index (χ0v) is 14.4. The van der Waals surface area contributed by atoms with Gasteiger partial charge in [0.05, 0.1) is 15.6 Å². The van der Waals surface area contributed by atoms with E-state index in [0.29, 0.717) is 15.7 Å². The van der Waals surface area contributed by atoms with Gasteiger partial charge in [-0.25, -0.2) is 13.4 Å². The van der Waals surface area contributed by atoms with E-state index in [4.69, 9.17) is 11.6 Å². The van der Waals surface area contributed by atoms with E-state index in [-0.39, 0.29) is 4.90 Å². The fourth-order valence-corrected chi connectivity index (χ4v) is 4.97. The minimum atomic E-state index is -3.68. The van der Waals surface area contributed by atoms with E-state index in [2.05, 4.69) is 14.6 Å². The van der Waals surface area contributed by atoms with Crippen LogP contribution in [0, 0.1) is 6.92 Å². The highest BCUT2D eigenvalue weighted by molar-refractivity contribution is 7.93. The molecule has 1 aromatic carbocycles. The summed E-state index contributed by atoms with van der Waals surface area (Å²) in [7, 11) is -3.68. The Morgan fingerprint density at radius 3 is 2.68 bits per heavy atom. The van der Waals surface area contributed by atoms with Crippen LogP contribution < -0.4 is 9.62 Å². The number of hydrogen-bond donors (Lipinski definition) is 1. The monoisotopic (exact) mass is 357 g/mol. The van der Waals surface area contributed by atoms with E-state index in [1.54, 1.807) is 18.5 Å². The number of aromatic nitrogens is 1. The third kappa shape index (κ3) is 3.06. The average Bonchev–Trinajstić information content (AvgIpc) is 3.13. The first kappa shape index (κ1) is 15.6. The van der Waals surface area contributed by atoms with Gasteiger partial charge in [-0.2, -0.15) is 0 Å². The highest BCUT2D eigenvalue weighted by Gasteiger charge is 2.22. The predicted molar refractivity (Wildman–Crippen MR) is 90.6 cm³/mol. The maximum Gasteiger partial charge on any atom is 0.263 e. The summed E-state index contributed by atoms with van der Waals surface area (Å²) < 4.78 is 27.5. The number of sulfonamides is 1. The van der Waals surface area contributed by atoms with Crippen LogP contribution in [0.15, 0.2) is 28.6 Å². The molecule has 1 saturated heterocycles. The van der Waals surface area contributed by atoms with Crippen molar-refractivity contribution in [1.29, 1.82) is 0 Å². The number of thiazole rings is 1. The minimum Gasteiger partial charge on any atom is -0.370 e. The molecule has 0 radical (unpaired) electrons. The Bertz CT molecular complexity index is 770. The van der Waals surface area contributed by atoms with Crippen LogP contribution in [-0.2, 0) is 10.0 Å². The number of nitrogens with one attached hydrogen (secondary N) is 1. The number of nitrogens with zero attached hydrogens (tertiary/aromatic N) is 2. The molecular weight excluding hydrogens is 342 g/mol. The first-order chi connectivity index (χ1) is 10.5. The summed E-state index contributed by atoms with van der Waals surface area (Å²) in [5.41, 5.74) is 1.58. The van der Waals surface area contributed by atoms with Gasteiger partial charge in [-0.05, 0) is 37.5 Å². The summed E-state index contributed by atoms with van der Waals surface area (Å²) in [5, 5.41) is 2.53. The van der Waals surface area contributed by atoms with Crippen molar-refractivity contribution in [1.82, 2.24) is 4.98 Å². The van der Waals surface area contributed by atoms with Crippen molar-refractivity contribution < 1.29 is 8.42 Å². The smallest absolute Gasteiger partial charge is 0.263 e. The van der Waals surface area contributed by atoms with Gasteiger partial charge >= 0.3 is 0 Å². The van der Waals surface area contributed by atoms with Crippen molar-refractivity contribution in [2.45, 2.75) is 24.7 Å². The summed E-state index contributed by atoms with van der Waals surface area (Å²) in [4.78, 5) is 6.33. The fraction of sp³-hybridized carbons (Fsp3) is 0.357. The van der Waals surface area contributed by atoms with Crippen molar-refractivity contribution >= 4 is 43.8 Å². The van der Waals surface area contributed by atoms with Crippen LogP contribution in [0.25, 0.3) is 0 Å². The van der Waals surface area contributed by atoms with Crippen molar-refractivity contribution in [3.05, 3.63) is 34.3 Å². The standard InChI is InChI=1S/C14H16ClN3O2S2/c1-10-8-12(18-5-2-3-6-18)11(15)9-13(10)22(19,20)17-14-16-4-7-21-14/h4,7-9H,2-3,5-6H2,1H3,(H,16,17). The van der Waals surface area contributed by atoms with Crippen LogP contribution in [0.2, 0.25) is 5.02 Å². The second-order valence-electron chi connectivity index (χ2n) is 5.21. The van der Waals surface area contributed by atoms with Crippen molar-refractivity contribution in [3.8, 4) is 0 Å². The quantitative estimate of drug-likeness (QED) is 0.909. The maximum absolute atomic E-state index is 12.5. The molecule has 0 saturated carbocycles. The van der Waals surface area contributed by atoms with Gasteiger partial charge in [-0.3, -0.25) is 4.72 Å². The molecule has 22 heavy (non-hydrogen) atoms. The summed E-state index contributed by atoms with van der Waals surface area (Å²) in [6.07, 6.45) is 3.83. The zero-order chi connectivity index (χ0) is 15.7. The largest absolute Gasteiger partial charge is 0.370 e. The molecule has 0 aliphatic carbocycles. The molecule has 3 rings (SSSR count). The molecule has 1 aliphatic rings. The van der Waals surface area contributed by atoms with E-state index >= 15 is 0 Å². The molecule has 1 aromatic heterocycles. The Balaban J connectivity index is 1.95. The number of anilines is 2. The Labute approximate surface area is 139 Å². The first-order valence-electron chi connectivity index (χ1n) is 6.95. The molecule has 2 aromatic rings. The highest BCUT2D eigenvalue weighted by Crippen LogP contribution is 2.33. The molecule has 8 heteroatoms. The zero-order valence-electron chi connectivity index (χ0n) is 12.0. The molecule has 0 unspecified atom stereocenters. The molecule has 0 bridgehead atoms. The molecular formula is C14H16ClN3O2S2. The van der Waals surface area contributed by atoms with Gasteiger partial charge in [0.1, 0.15) is 0 Å². The van der Waals surface area contributed by atoms with Crippen LogP contribution in [-0.4, -0.2) is 26.5 Å². The number of halogens is 1. The van der Waals surface area contributed by atoms with Gasteiger partial charge in [0.2, 0.25) is 0 Å². The SMILES string of the molecule is Cc1cc(N2CCCC2)c(Cl)cc1S(=O)(=O)Nc1nccs1. The molecule has 0 atom stereocenters. The Morgan fingerprint density at radius 1 is 1.32 bits per heavy atom. The first-order valence-corrected chi connectivity index (χ1v) is 9.69. The van der Waals surface area contributed by atoms with Crippen molar-refractivity contribution in [3.63, 3.8) is 0 Å². The molecule has 0 amide bonds. The van der Waals surface area contributed by atoms with Gasteiger partial charge in [-0.1, -0.05) is 11.6 Å². The number of benzene rings is 1. The topological polar surface area (TPSA) is 62.3 Å². The molecule has 1 aliphatic heterocycles. The second-order valence-corrected chi connectivity index (χ2v) is 8.16. The van der Waals surface area contributed by atoms with Crippen molar-refractivity contribution in [2.24, 2.45) is 0 Å². The van der Waals surface area contributed by atoms with Gasteiger partial charge in [0.25, 0.3) is 10.0 Å². The van der Waals surface area contributed by atoms with Crippen LogP contribution in [0.1, 0.15) is 18.4 Å². The molecule has 5 nitrogen and oxygen atoms in total. The van der Waals surface area contributed by atoms with E-state index < -0.39 is 10.0 Å². The van der Waals surface area contributed by atoms with E-state index in [1.807, 2.05) is 6.07 Å². The van der Waals surface area contributed by atoms with Gasteiger partial charge < -0.3 is 4.90 Å². The fourth-order valence-electron chi connectivity index (χ4n) is 2.58. The summed E-state index contributed by atoms with van der Waals surface area (Å²) >= 11 is 7.56. The maximum atomic E-state index is 12.5. The lowest BCUT2D eigenvalue weighted by Crippen LogP contribution is -2.19. The summed E-state index contributed by atoms with van der Waals surface area (Å²) in [6, 6.07) is 3.38. The Hall–Kier alpha value is -1.31. The van der Waals surface area contributed by atoms with Crippen LogP contribution in [0.3, 0.4) is 0 Å². The molecule has 2 heterocycles. The van der Waals surface area contributed by atoms with Crippen LogP contribution in [0.4, 0.5) is 10.8 Å². The van der Waals surface area contributed by atoms with Crippen molar-refractivity contribution in [2.75, 3.05) is 22.7 Å². The van der Waals surface area contributed by atoms with Gasteiger partial charge in [-0.15, -0.1) is 11.3 Å². The number of aryl methyl sites for hydroxylation is 1. The lowest BCUT2D eigenvalue weighted by molar-refractivity contribution is 0.600. The van der Waals surface area contributed by atoms with E-state index in [1.165, 1.54) is 17.4 Å². The summed E-state index contributed by atoms with van der Waals surface area (Å²) in [6.45, 7) is 3.71.